The summed E-state index contributed by atoms with van der Waals surface area (Å²) in [4.78, 5) is 45.7. The zero-order valence-corrected chi connectivity index (χ0v) is 26.3. The van der Waals surface area contributed by atoms with Crippen molar-refractivity contribution >= 4 is 39.9 Å². The number of Topliss-reactive ketones (excluding diaryl/α,β-unsaturated/α-hetero) is 1. The lowest BCUT2D eigenvalue weighted by atomic mass is 9.95. The van der Waals surface area contributed by atoms with Gasteiger partial charge in [0.1, 0.15) is 23.0 Å². The van der Waals surface area contributed by atoms with Gasteiger partial charge in [0.05, 0.1) is 38.1 Å². The van der Waals surface area contributed by atoms with Gasteiger partial charge >= 0.3 is 11.9 Å². The Morgan fingerprint density at radius 2 is 1.71 bits per heavy atom. The lowest BCUT2D eigenvalue weighted by Gasteiger charge is -2.23. The van der Waals surface area contributed by atoms with E-state index in [4.69, 9.17) is 18.9 Å². The lowest BCUT2D eigenvalue weighted by molar-refractivity contribution is -0.132. The van der Waals surface area contributed by atoms with Crippen molar-refractivity contribution in [2.75, 3.05) is 25.7 Å². The van der Waals surface area contributed by atoms with E-state index >= 15 is 0 Å². The predicted octanol–water partition coefficient (Wildman–Crippen LogP) is 6.16. The van der Waals surface area contributed by atoms with Crippen LogP contribution in [0.5, 0.6) is 17.2 Å². The number of aromatic nitrogens is 1. The monoisotopic (exact) mass is 628 g/mol. The number of carbonyl (C=O) groups is 3. The number of hydrogen-bond donors (Lipinski definition) is 1. The molecule has 0 bridgehead atoms. The first-order chi connectivity index (χ1) is 21.7. The van der Waals surface area contributed by atoms with Crippen LogP contribution in [0, 0.1) is 13.8 Å². The third-order valence-corrected chi connectivity index (χ3v) is 8.37. The number of amides is 1. The first-order valence-corrected chi connectivity index (χ1v) is 14.9. The molecule has 10 nitrogen and oxygen atoms in total. The minimum Gasteiger partial charge on any atom is -0.507 e. The number of aliphatic hydroxyl groups is 1. The molecule has 2 heterocycles. The molecule has 1 saturated heterocycles. The number of ether oxygens (including phenoxy) is 4. The molecule has 1 aliphatic heterocycles. The van der Waals surface area contributed by atoms with E-state index in [2.05, 4.69) is 4.98 Å². The van der Waals surface area contributed by atoms with Gasteiger partial charge < -0.3 is 24.1 Å². The standard InChI is InChI=1S/C34H32N2O8S/c1-6-43-33(40)31-20(3)35-34(45-31)36-28(23-12-15-25(41-4)26(17-23)42-5)27(30(38)32(36)39)29(37)22-10-13-24(14-11-22)44-18-21-9-7-8-19(2)16-21/h7-17,28,37H,6,18H2,1-5H3/b29-27+. The van der Waals surface area contributed by atoms with Gasteiger partial charge in [0.15, 0.2) is 16.6 Å². The van der Waals surface area contributed by atoms with E-state index in [1.165, 1.54) is 19.1 Å². The average molecular weight is 629 g/mol. The van der Waals surface area contributed by atoms with Gasteiger partial charge in [-0.2, -0.15) is 0 Å². The number of ketones is 1. The minimum atomic E-state index is -1.09. The maximum absolute atomic E-state index is 13.6. The van der Waals surface area contributed by atoms with Crippen LogP contribution in [0.3, 0.4) is 0 Å². The first-order valence-electron chi connectivity index (χ1n) is 14.1. The Labute approximate surface area is 264 Å². The number of esters is 1. The summed E-state index contributed by atoms with van der Waals surface area (Å²) in [6.07, 6.45) is 0. The van der Waals surface area contributed by atoms with Crippen molar-refractivity contribution in [3.63, 3.8) is 0 Å². The van der Waals surface area contributed by atoms with Crippen molar-refractivity contribution in [1.29, 1.82) is 0 Å². The van der Waals surface area contributed by atoms with Gasteiger partial charge in [-0.15, -0.1) is 0 Å². The molecule has 1 amide bonds. The number of carbonyl (C=O) groups excluding carboxylic acids is 3. The average Bonchev–Trinajstić information content (AvgIpc) is 3.55. The highest BCUT2D eigenvalue weighted by Gasteiger charge is 2.48. The van der Waals surface area contributed by atoms with Gasteiger partial charge in [0, 0.05) is 5.56 Å². The van der Waals surface area contributed by atoms with Crippen molar-refractivity contribution in [3.05, 3.63) is 105 Å². The van der Waals surface area contributed by atoms with Gasteiger partial charge in [-0.3, -0.25) is 14.5 Å². The molecular formula is C34H32N2O8S. The maximum atomic E-state index is 13.6. The summed E-state index contributed by atoms with van der Waals surface area (Å²) in [7, 11) is 2.96. The Morgan fingerprint density at radius 1 is 0.978 bits per heavy atom. The van der Waals surface area contributed by atoms with E-state index < -0.39 is 23.7 Å². The normalized spacial score (nSPS) is 15.7. The van der Waals surface area contributed by atoms with Crippen molar-refractivity contribution in [1.82, 2.24) is 4.98 Å². The number of thiazole rings is 1. The summed E-state index contributed by atoms with van der Waals surface area (Å²) in [6, 6.07) is 18.4. The fourth-order valence-corrected chi connectivity index (χ4v) is 6.06. The van der Waals surface area contributed by atoms with Crippen LogP contribution in [0.25, 0.3) is 5.76 Å². The molecule has 0 radical (unpaired) electrons. The number of aryl methyl sites for hydroxylation is 2. The number of aliphatic hydroxyl groups excluding tert-OH is 1. The summed E-state index contributed by atoms with van der Waals surface area (Å²) in [5.74, 6) is -1.40. The van der Waals surface area contributed by atoms with E-state index in [-0.39, 0.29) is 27.9 Å². The molecule has 1 fully saturated rings. The van der Waals surface area contributed by atoms with E-state index in [0.29, 0.717) is 40.7 Å². The zero-order valence-electron chi connectivity index (χ0n) is 25.5. The molecule has 4 aromatic rings. The molecule has 0 spiro atoms. The number of methoxy groups -OCH3 is 2. The highest BCUT2D eigenvalue weighted by atomic mass is 32.1. The molecule has 1 aromatic heterocycles. The number of nitrogens with zero attached hydrogens (tertiary/aromatic N) is 2. The largest absolute Gasteiger partial charge is 0.507 e. The highest BCUT2D eigenvalue weighted by molar-refractivity contribution is 7.17. The van der Waals surface area contributed by atoms with Crippen LogP contribution >= 0.6 is 11.3 Å². The molecule has 0 aliphatic carbocycles. The fourth-order valence-electron chi connectivity index (χ4n) is 5.07. The van der Waals surface area contributed by atoms with E-state index in [0.717, 1.165) is 22.5 Å². The van der Waals surface area contributed by atoms with Crippen LogP contribution in [0.4, 0.5) is 5.13 Å². The highest BCUT2D eigenvalue weighted by Crippen LogP contribution is 2.45. The van der Waals surface area contributed by atoms with Crippen LogP contribution in [0.15, 0.2) is 72.3 Å². The van der Waals surface area contributed by atoms with Gasteiger partial charge in [-0.05, 0) is 68.3 Å². The topological polar surface area (TPSA) is 124 Å². The Morgan fingerprint density at radius 3 is 2.38 bits per heavy atom. The second-order valence-electron chi connectivity index (χ2n) is 10.2. The van der Waals surface area contributed by atoms with Gasteiger partial charge in [-0.25, -0.2) is 9.78 Å². The summed E-state index contributed by atoms with van der Waals surface area (Å²) in [5, 5.41) is 11.7. The SMILES string of the molecule is CCOC(=O)c1sc(N2C(=O)C(=O)/C(=C(/O)c3ccc(OCc4cccc(C)c4)cc3)C2c2ccc(OC)c(OC)c2)nc1C. The Balaban J connectivity index is 1.57. The first kappa shape index (κ1) is 31.3. The fraction of sp³-hybridized carbons (Fsp3) is 0.235. The number of benzene rings is 3. The molecule has 1 aliphatic rings. The molecule has 1 unspecified atom stereocenters. The van der Waals surface area contributed by atoms with Crippen LogP contribution < -0.4 is 19.1 Å². The van der Waals surface area contributed by atoms with Crippen LogP contribution in [-0.2, 0) is 20.9 Å². The smallest absolute Gasteiger partial charge is 0.350 e. The Kier molecular flexibility index (Phi) is 9.19. The molecular weight excluding hydrogens is 596 g/mol. The lowest BCUT2D eigenvalue weighted by Crippen LogP contribution is -2.29. The van der Waals surface area contributed by atoms with Crippen LogP contribution in [-0.4, -0.2) is 48.6 Å². The van der Waals surface area contributed by atoms with Crippen molar-refractivity contribution in [2.24, 2.45) is 0 Å². The molecule has 1 atom stereocenters. The number of anilines is 1. The molecule has 11 heteroatoms. The second-order valence-corrected chi connectivity index (χ2v) is 11.2. The van der Waals surface area contributed by atoms with Crippen LogP contribution in [0.1, 0.15) is 50.6 Å². The van der Waals surface area contributed by atoms with Gasteiger partial charge in [0.25, 0.3) is 5.78 Å². The van der Waals surface area contributed by atoms with Gasteiger partial charge in [0.2, 0.25) is 0 Å². The summed E-state index contributed by atoms with van der Waals surface area (Å²) < 4.78 is 21.9. The van der Waals surface area contributed by atoms with Gasteiger partial charge in [-0.1, -0.05) is 47.2 Å². The molecule has 3 aromatic carbocycles. The molecule has 0 saturated carbocycles. The molecule has 1 N–H and O–H groups in total. The summed E-state index contributed by atoms with van der Waals surface area (Å²) >= 11 is 0.933. The van der Waals surface area contributed by atoms with Crippen LogP contribution in [0.2, 0.25) is 0 Å². The molecule has 232 valence electrons. The third kappa shape index (κ3) is 6.25. The van der Waals surface area contributed by atoms with E-state index in [1.54, 1.807) is 56.3 Å². The maximum Gasteiger partial charge on any atom is 0.350 e. The molecule has 45 heavy (non-hydrogen) atoms. The minimum absolute atomic E-state index is 0.108. The molecule has 5 rings (SSSR count). The number of hydrogen-bond acceptors (Lipinski definition) is 10. The zero-order chi connectivity index (χ0) is 32.2. The van der Waals surface area contributed by atoms with Crippen molar-refractivity contribution < 1.29 is 38.4 Å². The predicted molar refractivity (Wildman–Crippen MR) is 169 cm³/mol. The van der Waals surface area contributed by atoms with E-state index in [9.17, 15) is 19.5 Å². The van der Waals surface area contributed by atoms with Crippen molar-refractivity contribution in [3.8, 4) is 17.2 Å². The second kappa shape index (κ2) is 13.2. The summed E-state index contributed by atoms with van der Waals surface area (Å²) in [5.41, 5.74) is 3.11. The summed E-state index contributed by atoms with van der Waals surface area (Å²) in [6.45, 7) is 5.84. The van der Waals surface area contributed by atoms with Crippen molar-refractivity contribution in [2.45, 2.75) is 33.4 Å². The number of rotatable bonds is 10. The quantitative estimate of drug-likeness (QED) is 0.0952. The Bertz CT molecular complexity index is 1790. The Hall–Kier alpha value is -5.16. The third-order valence-electron chi connectivity index (χ3n) is 7.24. The van der Waals surface area contributed by atoms with E-state index in [1.807, 2.05) is 31.2 Å².